The van der Waals surface area contributed by atoms with E-state index in [1.165, 1.54) is 0 Å². The van der Waals surface area contributed by atoms with Crippen molar-refractivity contribution < 1.29 is 19.5 Å². The van der Waals surface area contributed by atoms with Gasteiger partial charge in [0.25, 0.3) is 0 Å². The Labute approximate surface area is 111 Å². The Kier molecular flexibility index (Phi) is 5.85. The van der Waals surface area contributed by atoms with Crippen LogP contribution in [0, 0.1) is 5.92 Å². The quantitative estimate of drug-likeness (QED) is 0.569. The number of nitrogens with zero attached hydrogens (tertiary/aromatic N) is 1. The van der Waals surface area contributed by atoms with Crippen molar-refractivity contribution in [3.8, 4) is 0 Å². The zero-order valence-corrected chi connectivity index (χ0v) is 10.8. The fourth-order valence-corrected chi connectivity index (χ4v) is 1.95. The number of rotatable bonds is 8. The first-order chi connectivity index (χ1) is 9.13. The van der Waals surface area contributed by atoms with Gasteiger partial charge in [0, 0.05) is 11.9 Å². The second-order valence-electron chi connectivity index (χ2n) is 4.32. The van der Waals surface area contributed by atoms with E-state index in [0.29, 0.717) is 43.1 Å². The molecule has 1 aromatic rings. The van der Waals surface area contributed by atoms with E-state index >= 15 is 0 Å². The van der Waals surface area contributed by atoms with Gasteiger partial charge < -0.3 is 14.7 Å². The number of aldehydes is 2. The lowest BCUT2D eigenvalue weighted by Crippen LogP contribution is -2.15. The standard InChI is InChI=1S/C14H17NO4/c1-2-10(14(18)19)5-6-13-12(4-3-7-15-13)11(8-16)9-17/h3-4,7-11H,2,5-6H2,1H3,(H,18,19). The fourth-order valence-electron chi connectivity index (χ4n) is 1.95. The summed E-state index contributed by atoms with van der Waals surface area (Å²) >= 11 is 0. The van der Waals surface area contributed by atoms with Crippen LogP contribution in [-0.4, -0.2) is 28.6 Å². The normalized spacial score (nSPS) is 12.1. The second-order valence-corrected chi connectivity index (χ2v) is 4.32. The average Bonchev–Trinajstić information content (AvgIpc) is 2.42. The molecule has 1 atom stereocenters. The Bertz CT molecular complexity index is 451. The van der Waals surface area contributed by atoms with Gasteiger partial charge in [0.2, 0.25) is 0 Å². The average molecular weight is 263 g/mol. The number of aromatic nitrogens is 1. The molecule has 5 nitrogen and oxygen atoms in total. The van der Waals surface area contributed by atoms with Gasteiger partial charge in [0.05, 0.1) is 11.8 Å². The largest absolute Gasteiger partial charge is 0.481 e. The highest BCUT2D eigenvalue weighted by Crippen LogP contribution is 2.19. The molecule has 1 heterocycles. The molecular weight excluding hydrogens is 246 g/mol. The molecule has 0 saturated carbocycles. The van der Waals surface area contributed by atoms with Crippen LogP contribution in [0.3, 0.4) is 0 Å². The maximum Gasteiger partial charge on any atom is 0.306 e. The molecule has 5 heteroatoms. The zero-order chi connectivity index (χ0) is 14.3. The minimum Gasteiger partial charge on any atom is -0.481 e. The monoisotopic (exact) mass is 263 g/mol. The maximum absolute atomic E-state index is 11.0. The topological polar surface area (TPSA) is 84.3 Å². The lowest BCUT2D eigenvalue weighted by molar-refractivity contribution is -0.142. The Morgan fingerprint density at radius 2 is 2.11 bits per heavy atom. The second kappa shape index (κ2) is 7.41. The molecule has 0 aliphatic rings. The molecule has 1 unspecified atom stereocenters. The summed E-state index contributed by atoms with van der Waals surface area (Å²) in [6.07, 6.45) is 4.15. The molecule has 0 saturated heterocycles. The number of carbonyl (C=O) groups excluding carboxylic acids is 2. The highest BCUT2D eigenvalue weighted by Gasteiger charge is 2.18. The number of aryl methyl sites for hydroxylation is 1. The van der Waals surface area contributed by atoms with E-state index in [1.54, 1.807) is 18.3 Å². The maximum atomic E-state index is 11.0. The number of pyridine rings is 1. The molecule has 0 amide bonds. The smallest absolute Gasteiger partial charge is 0.306 e. The molecule has 1 aromatic heterocycles. The molecule has 0 spiro atoms. The van der Waals surface area contributed by atoms with Crippen molar-refractivity contribution in [1.29, 1.82) is 0 Å². The summed E-state index contributed by atoms with van der Waals surface area (Å²) in [5.41, 5.74) is 1.18. The SMILES string of the molecule is CCC(CCc1ncccc1C(C=O)C=O)C(=O)O. The first-order valence-corrected chi connectivity index (χ1v) is 6.21. The van der Waals surface area contributed by atoms with E-state index in [-0.39, 0.29) is 0 Å². The summed E-state index contributed by atoms with van der Waals surface area (Å²) in [7, 11) is 0. The molecule has 0 aliphatic heterocycles. The number of hydrogen-bond donors (Lipinski definition) is 1. The van der Waals surface area contributed by atoms with Gasteiger partial charge in [0.15, 0.2) is 0 Å². The molecule has 0 bridgehead atoms. The highest BCUT2D eigenvalue weighted by molar-refractivity contribution is 5.85. The van der Waals surface area contributed by atoms with Gasteiger partial charge in [-0.3, -0.25) is 9.78 Å². The summed E-state index contributed by atoms with van der Waals surface area (Å²) in [6, 6.07) is 3.34. The molecule has 1 rings (SSSR count). The van der Waals surface area contributed by atoms with E-state index in [2.05, 4.69) is 4.98 Å². The molecule has 19 heavy (non-hydrogen) atoms. The van der Waals surface area contributed by atoms with Crippen molar-refractivity contribution in [2.24, 2.45) is 5.92 Å². The van der Waals surface area contributed by atoms with E-state index in [0.717, 1.165) is 0 Å². The molecular formula is C14H17NO4. The molecule has 0 radical (unpaired) electrons. The van der Waals surface area contributed by atoms with Crippen LogP contribution in [-0.2, 0) is 20.8 Å². The van der Waals surface area contributed by atoms with Gasteiger partial charge in [-0.1, -0.05) is 13.0 Å². The fraction of sp³-hybridized carbons (Fsp3) is 0.429. The number of carbonyl (C=O) groups is 3. The summed E-state index contributed by atoms with van der Waals surface area (Å²) in [5, 5.41) is 8.99. The Hall–Kier alpha value is -2.04. The van der Waals surface area contributed by atoms with Gasteiger partial charge in [-0.25, -0.2) is 0 Å². The van der Waals surface area contributed by atoms with Crippen LogP contribution in [0.4, 0.5) is 0 Å². The third kappa shape index (κ3) is 3.98. The number of hydrogen-bond acceptors (Lipinski definition) is 4. The van der Waals surface area contributed by atoms with Crippen molar-refractivity contribution in [3.05, 3.63) is 29.6 Å². The minimum absolute atomic E-state index is 0.430. The lowest BCUT2D eigenvalue weighted by Gasteiger charge is -2.12. The van der Waals surface area contributed by atoms with E-state index < -0.39 is 17.8 Å². The van der Waals surface area contributed by atoms with Gasteiger partial charge in [0.1, 0.15) is 12.6 Å². The first-order valence-electron chi connectivity index (χ1n) is 6.21. The number of aliphatic carboxylic acids is 1. The zero-order valence-electron chi connectivity index (χ0n) is 10.8. The summed E-state index contributed by atoms with van der Waals surface area (Å²) in [5.74, 6) is -2.09. The van der Waals surface area contributed by atoms with Crippen LogP contribution >= 0.6 is 0 Å². The minimum atomic E-state index is -0.831. The van der Waals surface area contributed by atoms with Crippen molar-refractivity contribution in [3.63, 3.8) is 0 Å². The van der Waals surface area contributed by atoms with Gasteiger partial charge in [-0.15, -0.1) is 0 Å². The lowest BCUT2D eigenvalue weighted by atomic mass is 9.94. The van der Waals surface area contributed by atoms with Crippen LogP contribution in [0.1, 0.15) is 36.9 Å². The Morgan fingerprint density at radius 3 is 2.63 bits per heavy atom. The Balaban J connectivity index is 2.86. The number of carboxylic acid groups (broad SMARTS) is 1. The highest BCUT2D eigenvalue weighted by atomic mass is 16.4. The van der Waals surface area contributed by atoms with Crippen molar-refractivity contribution in [2.45, 2.75) is 32.1 Å². The first kappa shape index (κ1) is 15.0. The van der Waals surface area contributed by atoms with E-state index in [9.17, 15) is 14.4 Å². The van der Waals surface area contributed by atoms with Crippen LogP contribution < -0.4 is 0 Å². The molecule has 0 aliphatic carbocycles. The number of carboxylic acids is 1. The van der Waals surface area contributed by atoms with Crippen molar-refractivity contribution in [1.82, 2.24) is 4.98 Å². The third-order valence-electron chi connectivity index (χ3n) is 3.15. The third-order valence-corrected chi connectivity index (χ3v) is 3.15. The molecule has 1 N–H and O–H groups in total. The summed E-state index contributed by atoms with van der Waals surface area (Å²) in [4.78, 5) is 36.8. The van der Waals surface area contributed by atoms with Gasteiger partial charge in [-0.2, -0.15) is 0 Å². The van der Waals surface area contributed by atoms with Crippen molar-refractivity contribution >= 4 is 18.5 Å². The van der Waals surface area contributed by atoms with Crippen LogP contribution in [0.2, 0.25) is 0 Å². The summed E-state index contributed by atoms with van der Waals surface area (Å²) < 4.78 is 0. The van der Waals surface area contributed by atoms with Crippen LogP contribution in [0.25, 0.3) is 0 Å². The van der Waals surface area contributed by atoms with E-state index in [4.69, 9.17) is 5.11 Å². The molecule has 0 fully saturated rings. The Morgan fingerprint density at radius 1 is 1.42 bits per heavy atom. The molecule has 102 valence electrons. The van der Waals surface area contributed by atoms with Gasteiger partial charge in [-0.05, 0) is 30.9 Å². The van der Waals surface area contributed by atoms with Gasteiger partial charge >= 0.3 is 5.97 Å². The predicted molar refractivity (Wildman–Crippen MR) is 68.8 cm³/mol. The van der Waals surface area contributed by atoms with Crippen LogP contribution in [0.5, 0.6) is 0 Å². The predicted octanol–water partition coefficient (Wildman–Crippen LogP) is 1.61. The van der Waals surface area contributed by atoms with E-state index in [1.807, 2.05) is 6.92 Å². The van der Waals surface area contributed by atoms with Crippen molar-refractivity contribution in [2.75, 3.05) is 0 Å². The van der Waals surface area contributed by atoms with Crippen LogP contribution in [0.15, 0.2) is 18.3 Å². The molecule has 0 aromatic carbocycles. The summed E-state index contributed by atoms with van der Waals surface area (Å²) in [6.45, 7) is 1.82.